The van der Waals surface area contributed by atoms with E-state index in [2.05, 4.69) is 5.32 Å². The second-order valence-electron chi connectivity index (χ2n) is 7.61. The Balaban J connectivity index is 1.34. The van der Waals surface area contributed by atoms with Gasteiger partial charge < -0.3 is 19.5 Å². The zero-order chi connectivity index (χ0) is 23.4. The van der Waals surface area contributed by atoms with Crippen LogP contribution in [0, 0.1) is 0 Å². The number of thioether (sulfide) groups is 1. The number of nitrogens with zero attached hydrogens (tertiary/aromatic N) is 1. The van der Waals surface area contributed by atoms with Gasteiger partial charge in [-0.25, -0.2) is 4.79 Å². The van der Waals surface area contributed by atoms with E-state index in [1.807, 2.05) is 30.3 Å². The first-order chi connectivity index (χ1) is 16.0. The maximum atomic E-state index is 12.8. The number of rotatable bonds is 8. The van der Waals surface area contributed by atoms with Gasteiger partial charge in [0.15, 0.2) is 6.61 Å². The molecule has 0 unspecified atom stereocenters. The SMILES string of the molecule is COc1ccc(COC(=O)C2=C(C)CS[C@@H]3[C@H](NC(=O)COc4ccccc4)C(=O)N23)cc1. The van der Waals surface area contributed by atoms with Gasteiger partial charge >= 0.3 is 5.97 Å². The Morgan fingerprint density at radius 1 is 1.09 bits per heavy atom. The average molecular weight is 469 g/mol. The van der Waals surface area contributed by atoms with Crippen LogP contribution in [0.1, 0.15) is 12.5 Å². The Hall–Kier alpha value is -3.46. The molecular formula is C24H24N2O6S. The van der Waals surface area contributed by atoms with E-state index in [0.29, 0.717) is 17.3 Å². The van der Waals surface area contributed by atoms with Gasteiger partial charge in [-0.1, -0.05) is 30.3 Å². The number of methoxy groups -OCH3 is 1. The first-order valence-corrected chi connectivity index (χ1v) is 11.4. The van der Waals surface area contributed by atoms with Crippen molar-refractivity contribution in [2.24, 2.45) is 0 Å². The van der Waals surface area contributed by atoms with Gasteiger partial charge in [0.05, 0.1) is 7.11 Å². The molecule has 1 saturated heterocycles. The molecule has 2 aliphatic heterocycles. The van der Waals surface area contributed by atoms with Crippen LogP contribution in [0.25, 0.3) is 0 Å². The van der Waals surface area contributed by atoms with E-state index in [1.165, 1.54) is 16.7 Å². The van der Waals surface area contributed by atoms with Gasteiger partial charge in [0.25, 0.3) is 11.8 Å². The summed E-state index contributed by atoms with van der Waals surface area (Å²) in [4.78, 5) is 39.3. The van der Waals surface area contributed by atoms with Gasteiger partial charge in [0, 0.05) is 5.75 Å². The molecule has 0 radical (unpaired) electrons. The number of ether oxygens (including phenoxy) is 3. The van der Waals surface area contributed by atoms with Crippen LogP contribution in [-0.2, 0) is 25.7 Å². The Morgan fingerprint density at radius 2 is 1.82 bits per heavy atom. The number of carbonyl (C=O) groups excluding carboxylic acids is 3. The summed E-state index contributed by atoms with van der Waals surface area (Å²) in [5.74, 6) is 0.558. The summed E-state index contributed by atoms with van der Waals surface area (Å²) in [6, 6.07) is 15.4. The van der Waals surface area contributed by atoms with Gasteiger partial charge in [-0.15, -0.1) is 11.8 Å². The van der Waals surface area contributed by atoms with Gasteiger partial charge in [0.2, 0.25) is 0 Å². The molecule has 0 spiro atoms. The fourth-order valence-electron chi connectivity index (χ4n) is 3.58. The van der Waals surface area contributed by atoms with Crippen molar-refractivity contribution in [3.8, 4) is 11.5 Å². The van der Waals surface area contributed by atoms with Crippen LogP contribution in [0.5, 0.6) is 11.5 Å². The molecule has 8 nitrogen and oxygen atoms in total. The molecule has 33 heavy (non-hydrogen) atoms. The highest BCUT2D eigenvalue weighted by Gasteiger charge is 2.54. The number of amides is 2. The van der Waals surface area contributed by atoms with Crippen LogP contribution >= 0.6 is 11.8 Å². The highest BCUT2D eigenvalue weighted by Crippen LogP contribution is 2.40. The minimum Gasteiger partial charge on any atom is -0.497 e. The quantitative estimate of drug-likeness (QED) is 0.470. The number of fused-ring (bicyclic) bond motifs is 1. The maximum Gasteiger partial charge on any atom is 0.355 e. The minimum atomic E-state index is -0.709. The minimum absolute atomic E-state index is 0.0798. The summed E-state index contributed by atoms with van der Waals surface area (Å²) in [6.45, 7) is 1.69. The first kappa shape index (κ1) is 22.7. The van der Waals surface area contributed by atoms with Crippen molar-refractivity contribution in [3.05, 3.63) is 71.4 Å². The van der Waals surface area contributed by atoms with E-state index in [4.69, 9.17) is 14.2 Å². The monoisotopic (exact) mass is 468 g/mol. The lowest BCUT2D eigenvalue weighted by molar-refractivity contribution is -0.153. The van der Waals surface area contributed by atoms with Crippen molar-refractivity contribution in [1.29, 1.82) is 0 Å². The van der Waals surface area contributed by atoms with Gasteiger partial charge in [-0.3, -0.25) is 14.5 Å². The average Bonchev–Trinajstić information content (AvgIpc) is 2.85. The highest BCUT2D eigenvalue weighted by atomic mass is 32.2. The van der Waals surface area contributed by atoms with Gasteiger partial charge in [0.1, 0.15) is 35.2 Å². The zero-order valence-electron chi connectivity index (χ0n) is 18.3. The number of nitrogens with one attached hydrogen (secondary N) is 1. The van der Waals surface area contributed by atoms with Crippen molar-refractivity contribution in [3.63, 3.8) is 0 Å². The summed E-state index contributed by atoms with van der Waals surface area (Å²) in [6.07, 6.45) is 0. The van der Waals surface area contributed by atoms with Crippen molar-refractivity contribution < 1.29 is 28.6 Å². The molecule has 4 rings (SSSR count). The molecule has 2 aliphatic rings. The Morgan fingerprint density at radius 3 is 2.52 bits per heavy atom. The van der Waals surface area contributed by atoms with Crippen molar-refractivity contribution in [2.45, 2.75) is 24.9 Å². The third-order valence-corrected chi connectivity index (χ3v) is 6.74. The molecule has 0 bridgehead atoms. The van der Waals surface area contributed by atoms with Crippen LogP contribution in [0.2, 0.25) is 0 Å². The van der Waals surface area contributed by atoms with Crippen molar-refractivity contribution in [1.82, 2.24) is 10.2 Å². The van der Waals surface area contributed by atoms with Crippen LogP contribution in [0.4, 0.5) is 0 Å². The second-order valence-corrected chi connectivity index (χ2v) is 8.71. The normalized spacial score (nSPS) is 19.3. The zero-order valence-corrected chi connectivity index (χ0v) is 19.1. The standard InChI is InChI=1S/C24H24N2O6S/c1-15-14-33-23-20(25-19(27)13-31-18-6-4-3-5-7-18)22(28)26(23)21(15)24(29)32-12-16-8-10-17(30-2)11-9-16/h3-11,20,23H,12-14H2,1-2H3,(H,25,27)/t20-,23-/m1/s1. The molecule has 172 valence electrons. The summed E-state index contributed by atoms with van der Waals surface area (Å²) in [5, 5.41) is 2.36. The number of esters is 1. The van der Waals surface area contributed by atoms with E-state index >= 15 is 0 Å². The molecule has 2 amide bonds. The second kappa shape index (κ2) is 9.99. The van der Waals surface area contributed by atoms with Crippen LogP contribution in [0.3, 0.4) is 0 Å². The molecule has 0 aromatic heterocycles. The molecule has 2 heterocycles. The topological polar surface area (TPSA) is 94.2 Å². The number of para-hydroxylation sites is 1. The van der Waals surface area contributed by atoms with Crippen molar-refractivity contribution in [2.75, 3.05) is 19.5 Å². The number of β-lactam (4-membered cyclic amide) rings is 1. The number of benzene rings is 2. The molecule has 2 aromatic rings. The molecule has 9 heteroatoms. The summed E-state index contributed by atoms with van der Waals surface area (Å²) < 4.78 is 16.0. The molecular weight excluding hydrogens is 444 g/mol. The van der Waals surface area contributed by atoms with E-state index in [-0.39, 0.29) is 30.2 Å². The lowest BCUT2D eigenvalue weighted by Gasteiger charge is -2.49. The Labute approximate surface area is 195 Å². The molecule has 0 saturated carbocycles. The van der Waals surface area contributed by atoms with Gasteiger partial charge in [-0.05, 0) is 42.3 Å². The maximum absolute atomic E-state index is 12.8. The van der Waals surface area contributed by atoms with Crippen LogP contribution in [0.15, 0.2) is 65.9 Å². The fourth-order valence-corrected chi connectivity index (χ4v) is 4.87. The van der Waals surface area contributed by atoms with E-state index in [1.54, 1.807) is 38.3 Å². The fraction of sp³-hybridized carbons (Fsp3) is 0.292. The largest absolute Gasteiger partial charge is 0.497 e. The lowest BCUT2D eigenvalue weighted by Crippen LogP contribution is -2.70. The molecule has 1 N–H and O–H groups in total. The lowest BCUT2D eigenvalue weighted by atomic mass is 10.0. The van der Waals surface area contributed by atoms with Crippen LogP contribution in [-0.4, -0.2) is 53.6 Å². The molecule has 1 fully saturated rings. The smallest absolute Gasteiger partial charge is 0.355 e. The third kappa shape index (κ3) is 4.98. The highest BCUT2D eigenvalue weighted by molar-refractivity contribution is 8.00. The van der Waals surface area contributed by atoms with Crippen molar-refractivity contribution >= 4 is 29.5 Å². The number of carbonyl (C=O) groups is 3. The predicted molar refractivity (Wildman–Crippen MR) is 122 cm³/mol. The van der Waals surface area contributed by atoms with Gasteiger partial charge in [-0.2, -0.15) is 0 Å². The molecule has 2 aromatic carbocycles. The molecule has 2 atom stereocenters. The Kier molecular flexibility index (Phi) is 6.88. The summed E-state index contributed by atoms with van der Waals surface area (Å²) in [7, 11) is 1.58. The third-order valence-electron chi connectivity index (χ3n) is 5.31. The van der Waals surface area contributed by atoms with E-state index in [9.17, 15) is 14.4 Å². The number of hydrogen-bond acceptors (Lipinski definition) is 7. The summed E-state index contributed by atoms with van der Waals surface area (Å²) in [5.41, 5.74) is 1.83. The Bertz CT molecular complexity index is 1070. The molecule has 0 aliphatic carbocycles. The van der Waals surface area contributed by atoms with Crippen LogP contribution < -0.4 is 14.8 Å². The number of hydrogen-bond donors (Lipinski definition) is 1. The summed E-state index contributed by atoms with van der Waals surface area (Å²) >= 11 is 1.50. The predicted octanol–water partition coefficient (Wildman–Crippen LogP) is 2.49. The van der Waals surface area contributed by atoms with E-state index in [0.717, 1.165) is 11.1 Å². The van der Waals surface area contributed by atoms with E-state index < -0.39 is 17.9 Å². The first-order valence-electron chi connectivity index (χ1n) is 10.4.